The largest absolute Gasteiger partial charge is 0.369 e. The molecule has 1 unspecified atom stereocenters. The summed E-state index contributed by atoms with van der Waals surface area (Å²) < 4.78 is 8.38. The lowest BCUT2D eigenvalue weighted by Crippen LogP contribution is -2.00. The molecule has 1 aliphatic rings. The molecule has 3 heteroatoms. The van der Waals surface area contributed by atoms with Crippen molar-refractivity contribution in [3.05, 3.63) is 39.0 Å². The van der Waals surface area contributed by atoms with E-state index in [0.29, 0.717) is 0 Å². The van der Waals surface area contributed by atoms with Crippen molar-refractivity contribution in [3.63, 3.8) is 0 Å². The van der Waals surface area contributed by atoms with Gasteiger partial charge >= 0.3 is 0 Å². The smallest absolute Gasteiger partial charge is 0.115 e. The molecule has 1 aliphatic carbocycles. The Balaban J connectivity index is 2.47. The van der Waals surface area contributed by atoms with Crippen LogP contribution in [0.1, 0.15) is 24.2 Å². The summed E-state index contributed by atoms with van der Waals surface area (Å²) in [7, 11) is 0. The Labute approximate surface area is 111 Å². The molecule has 0 spiro atoms. The van der Waals surface area contributed by atoms with Gasteiger partial charge in [0, 0.05) is 13.8 Å². The summed E-state index contributed by atoms with van der Waals surface area (Å²) in [5, 5.41) is 0. The minimum absolute atomic E-state index is 0.170. The molecule has 74 valence electrons. The number of fused-ring (bicyclic) bond motifs is 1. The van der Waals surface area contributed by atoms with E-state index in [2.05, 4.69) is 69.4 Å². The fraction of sp³-hybridized carbons (Fsp3) is 0.273. The lowest BCUT2D eigenvalue weighted by Gasteiger charge is -2.12. The van der Waals surface area contributed by atoms with Gasteiger partial charge in [-0.25, -0.2) is 0 Å². The molecule has 14 heavy (non-hydrogen) atoms. The van der Waals surface area contributed by atoms with Crippen LogP contribution in [0.2, 0.25) is 0 Å². The second kappa shape index (κ2) is 4.49. The standard InChI is InChI=1S/C11H10I2O/c1-2-14-11-8-6-4-3-5-7(8)9(12)10(11)13/h3-6,11H,2H2,1H3. The molecule has 2 rings (SSSR count). The molecule has 0 N–H and O–H groups in total. The Kier molecular flexibility index (Phi) is 3.49. The molecule has 1 aromatic carbocycles. The van der Waals surface area contributed by atoms with Gasteiger partial charge in [0.15, 0.2) is 0 Å². The van der Waals surface area contributed by atoms with Gasteiger partial charge in [-0.3, -0.25) is 0 Å². The summed E-state index contributed by atoms with van der Waals surface area (Å²) in [5.74, 6) is 0. The van der Waals surface area contributed by atoms with Crippen LogP contribution in [-0.4, -0.2) is 6.61 Å². The highest BCUT2D eigenvalue weighted by molar-refractivity contribution is 14.1. The average molecular weight is 412 g/mol. The molecule has 1 aromatic rings. The number of rotatable bonds is 2. The first-order valence-corrected chi connectivity index (χ1v) is 6.67. The van der Waals surface area contributed by atoms with Crippen LogP contribution in [0, 0.1) is 0 Å². The van der Waals surface area contributed by atoms with E-state index < -0.39 is 0 Å². The van der Waals surface area contributed by atoms with E-state index in [1.807, 2.05) is 6.92 Å². The van der Waals surface area contributed by atoms with Crippen molar-refractivity contribution in [3.8, 4) is 0 Å². The van der Waals surface area contributed by atoms with Crippen molar-refractivity contribution in [2.24, 2.45) is 0 Å². The number of halogens is 2. The van der Waals surface area contributed by atoms with Crippen LogP contribution in [-0.2, 0) is 4.74 Å². The molecular weight excluding hydrogens is 402 g/mol. The summed E-state index contributed by atoms with van der Waals surface area (Å²) in [6.07, 6.45) is 0.170. The van der Waals surface area contributed by atoms with Crippen LogP contribution in [0.5, 0.6) is 0 Å². The summed E-state index contributed by atoms with van der Waals surface area (Å²) in [5.41, 5.74) is 2.64. The van der Waals surface area contributed by atoms with Crippen LogP contribution in [0.4, 0.5) is 0 Å². The van der Waals surface area contributed by atoms with Crippen molar-refractivity contribution < 1.29 is 4.74 Å². The van der Waals surface area contributed by atoms with Gasteiger partial charge in [0.25, 0.3) is 0 Å². The quantitative estimate of drug-likeness (QED) is 0.658. The van der Waals surface area contributed by atoms with Crippen molar-refractivity contribution in [1.82, 2.24) is 0 Å². The fourth-order valence-electron chi connectivity index (χ4n) is 1.64. The molecule has 0 radical (unpaired) electrons. The summed E-state index contributed by atoms with van der Waals surface area (Å²) in [4.78, 5) is 0. The predicted molar refractivity (Wildman–Crippen MR) is 75.8 cm³/mol. The van der Waals surface area contributed by atoms with E-state index in [1.54, 1.807) is 0 Å². The van der Waals surface area contributed by atoms with E-state index in [-0.39, 0.29) is 6.10 Å². The maximum atomic E-state index is 5.74. The van der Waals surface area contributed by atoms with Gasteiger partial charge in [0.05, 0.1) is 0 Å². The zero-order valence-electron chi connectivity index (χ0n) is 7.76. The first-order chi connectivity index (χ1) is 6.75. The molecule has 0 saturated heterocycles. The minimum Gasteiger partial charge on any atom is -0.369 e. The van der Waals surface area contributed by atoms with Crippen LogP contribution >= 0.6 is 45.2 Å². The zero-order chi connectivity index (χ0) is 10.1. The van der Waals surface area contributed by atoms with Gasteiger partial charge < -0.3 is 4.74 Å². The third kappa shape index (κ3) is 1.74. The Morgan fingerprint density at radius 3 is 2.71 bits per heavy atom. The Bertz CT molecular complexity index is 385. The monoisotopic (exact) mass is 412 g/mol. The van der Waals surface area contributed by atoms with E-state index in [0.717, 1.165) is 6.61 Å². The van der Waals surface area contributed by atoms with Crippen molar-refractivity contribution in [2.75, 3.05) is 6.61 Å². The molecular formula is C11H10I2O. The molecule has 0 saturated carbocycles. The number of hydrogen-bond donors (Lipinski definition) is 0. The third-order valence-electron chi connectivity index (χ3n) is 2.25. The highest BCUT2D eigenvalue weighted by Gasteiger charge is 2.28. The summed E-state index contributed by atoms with van der Waals surface area (Å²) in [6, 6.07) is 8.47. The molecule has 0 heterocycles. The Morgan fingerprint density at radius 1 is 1.29 bits per heavy atom. The Hall–Kier alpha value is 0.380. The lowest BCUT2D eigenvalue weighted by atomic mass is 10.1. The summed E-state index contributed by atoms with van der Waals surface area (Å²) in [6.45, 7) is 2.80. The number of ether oxygens (including phenoxy) is 1. The van der Waals surface area contributed by atoms with E-state index in [1.165, 1.54) is 18.3 Å². The lowest BCUT2D eigenvalue weighted by molar-refractivity contribution is 0.0977. The molecule has 0 fully saturated rings. The van der Waals surface area contributed by atoms with E-state index >= 15 is 0 Å². The maximum absolute atomic E-state index is 5.74. The molecule has 1 nitrogen and oxygen atoms in total. The molecule has 0 aliphatic heterocycles. The van der Waals surface area contributed by atoms with Crippen molar-refractivity contribution >= 4 is 48.8 Å². The zero-order valence-corrected chi connectivity index (χ0v) is 12.1. The average Bonchev–Trinajstić information content (AvgIpc) is 2.45. The second-order valence-electron chi connectivity index (χ2n) is 3.08. The van der Waals surface area contributed by atoms with Gasteiger partial charge in [-0.1, -0.05) is 24.3 Å². The molecule has 0 aromatic heterocycles. The minimum atomic E-state index is 0.170. The molecule has 0 bridgehead atoms. The topological polar surface area (TPSA) is 9.23 Å². The van der Waals surface area contributed by atoms with Crippen LogP contribution in [0.15, 0.2) is 27.8 Å². The van der Waals surface area contributed by atoms with Crippen LogP contribution < -0.4 is 0 Å². The number of hydrogen-bond acceptors (Lipinski definition) is 1. The van der Waals surface area contributed by atoms with Crippen LogP contribution in [0.3, 0.4) is 0 Å². The molecule has 0 amide bonds. The van der Waals surface area contributed by atoms with Crippen molar-refractivity contribution in [2.45, 2.75) is 13.0 Å². The predicted octanol–water partition coefficient (Wildman–Crippen LogP) is 4.32. The van der Waals surface area contributed by atoms with Gasteiger partial charge in [0.1, 0.15) is 6.10 Å². The van der Waals surface area contributed by atoms with Gasteiger partial charge in [-0.15, -0.1) is 0 Å². The van der Waals surface area contributed by atoms with Crippen LogP contribution in [0.25, 0.3) is 3.58 Å². The third-order valence-corrected chi connectivity index (χ3v) is 5.55. The first kappa shape index (κ1) is 10.9. The second-order valence-corrected chi connectivity index (χ2v) is 5.33. The highest BCUT2D eigenvalue weighted by atomic mass is 127. The number of benzene rings is 1. The maximum Gasteiger partial charge on any atom is 0.115 e. The summed E-state index contributed by atoms with van der Waals surface area (Å²) >= 11 is 4.78. The highest BCUT2D eigenvalue weighted by Crippen LogP contribution is 2.48. The molecule has 1 atom stereocenters. The van der Waals surface area contributed by atoms with E-state index in [4.69, 9.17) is 4.74 Å². The van der Waals surface area contributed by atoms with Gasteiger partial charge in [0.2, 0.25) is 0 Å². The van der Waals surface area contributed by atoms with Gasteiger partial charge in [-0.05, 0) is 63.2 Å². The van der Waals surface area contributed by atoms with Crippen molar-refractivity contribution in [1.29, 1.82) is 0 Å². The Morgan fingerprint density at radius 2 is 2.00 bits per heavy atom. The van der Waals surface area contributed by atoms with Gasteiger partial charge in [-0.2, -0.15) is 0 Å². The fourth-order valence-corrected chi connectivity index (χ4v) is 3.22. The van der Waals surface area contributed by atoms with E-state index in [9.17, 15) is 0 Å². The normalized spacial score (nSPS) is 20.1. The first-order valence-electron chi connectivity index (χ1n) is 4.51. The SMILES string of the molecule is CCOC1C(I)=C(I)c2ccccc21.